The summed E-state index contributed by atoms with van der Waals surface area (Å²) in [5.74, 6) is 1.66. The number of aromatic nitrogens is 2. The lowest BCUT2D eigenvalue weighted by atomic mass is 9.97. The summed E-state index contributed by atoms with van der Waals surface area (Å²) < 4.78 is 11.2. The Bertz CT molecular complexity index is 598. The molecule has 2 aromatic rings. The molecule has 1 aromatic carbocycles. The summed E-state index contributed by atoms with van der Waals surface area (Å²) >= 11 is 0. The zero-order valence-corrected chi connectivity index (χ0v) is 12.2. The molecule has 2 heterocycles. The molecule has 0 spiro atoms. The van der Waals surface area contributed by atoms with Gasteiger partial charge in [0.25, 0.3) is 5.89 Å². The van der Waals surface area contributed by atoms with Crippen LogP contribution in [0.4, 0.5) is 0 Å². The third-order valence-corrected chi connectivity index (χ3v) is 3.93. The SMILES string of the molecule is CC(C)c1ccccc1-c1nc(C2(C)CCCO2)no1. The van der Waals surface area contributed by atoms with Crippen molar-refractivity contribution in [1.82, 2.24) is 10.1 Å². The number of nitrogens with zero attached hydrogens (tertiary/aromatic N) is 2. The Morgan fingerprint density at radius 3 is 2.75 bits per heavy atom. The van der Waals surface area contributed by atoms with Gasteiger partial charge in [0.15, 0.2) is 0 Å². The molecule has 1 aliphatic heterocycles. The van der Waals surface area contributed by atoms with Crippen LogP contribution in [-0.2, 0) is 10.3 Å². The van der Waals surface area contributed by atoms with Crippen LogP contribution in [0.2, 0.25) is 0 Å². The summed E-state index contributed by atoms with van der Waals surface area (Å²) in [5, 5.41) is 4.14. The second kappa shape index (κ2) is 5.02. The average molecular weight is 272 g/mol. The lowest BCUT2D eigenvalue weighted by Crippen LogP contribution is -2.21. The zero-order chi connectivity index (χ0) is 14.2. The van der Waals surface area contributed by atoms with E-state index in [0.29, 0.717) is 17.6 Å². The molecule has 0 amide bonds. The van der Waals surface area contributed by atoms with E-state index in [4.69, 9.17) is 9.26 Å². The highest BCUT2D eigenvalue weighted by molar-refractivity contribution is 5.59. The van der Waals surface area contributed by atoms with Crippen LogP contribution < -0.4 is 0 Å². The predicted molar refractivity (Wildman–Crippen MR) is 76.4 cm³/mol. The van der Waals surface area contributed by atoms with Gasteiger partial charge in [-0.15, -0.1) is 0 Å². The Kier molecular flexibility index (Phi) is 3.34. The fourth-order valence-electron chi connectivity index (χ4n) is 2.70. The van der Waals surface area contributed by atoms with Gasteiger partial charge >= 0.3 is 0 Å². The molecule has 1 saturated heterocycles. The molecule has 1 aliphatic rings. The van der Waals surface area contributed by atoms with Crippen molar-refractivity contribution in [3.63, 3.8) is 0 Å². The van der Waals surface area contributed by atoms with Crippen molar-refractivity contribution in [2.24, 2.45) is 0 Å². The first kappa shape index (κ1) is 13.3. The van der Waals surface area contributed by atoms with Gasteiger partial charge in [-0.1, -0.05) is 37.2 Å². The Hall–Kier alpha value is -1.68. The maximum atomic E-state index is 5.77. The highest BCUT2D eigenvalue weighted by Crippen LogP contribution is 2.35. The minimum absolute atomic E-state index is 0.394. The van der Waals surface area contributed by atoms with E-state index in [1.807, 2.05) is 25.1 Å². The maximum absolute atomic E-state index is 5.77. The summed E-state index contributed by atoms with van der Waals surface area (Å²) in [6.07, 6.45) is 1.99. The topological polar surface area (TPSA) is 48.2 Å². The van der Waals surface area contributed by atoms with Crippen molar-refractivity contribution in [3.8, 4) is 11.5 Å². The van der Waals surface area contributed by atoms with Crippen LogP contribution in [0.25, 0.3) is 11.5 Å². The molecule has 4 heteroatoms. The number of benzene rings is 1. The Balaban J connectivity index is 1.98. The summed E-state index contributed by atoms with van der Waals surface area (Å²) in [6.45, 7) is 7.13. The highest BCUT2D eigenvalue weighted by atomic mass is 16.5. The van der Waals surface area contributed by atoms with E-state index in [1.54, 1.807) is 0 Å². The standard InChI is InChI=1S/C16H20N2O2/c1-11(2)12-7-4-5-8-13(12)14-17-15(18-20-14)16(3)9-6-10-19-16/h4-5,7-8,11H,6,9-10H2,1-3H3. The van der Waals surface area contributed by atoms with Gasteiger partial charge in [0.05, 0.1) is 0 Å². The largest absolute Gasteiger partial charge is 0.367 e. The molecule has 1 fully saturated rings. The third kappa shape index (κ3) is 2.24. The molecular weight excluding hydrogens is 252 g/mol. The molecule has 4 nitrogen and oxygen atoms in total. The summed E-state index contributed by atoms with van der Waals surface area (Å²) in [7, 11) is 0. The van der Waals surface area contributed by atoms with Crippen molar-refractivity contribution in [1.29, 1.82) is 0 Å². The lowest BCUT2D eigenvalue weighted by Gasteiger charge is -2.17. The Morgan fingerprint density at radius 1 is 1.25 bits per heavy atom. The van der Waals surface area contributed by atoms with Crippen molar-refractivity contribution in [2.75, 3.05) is 6.61 Å². The van der Waals surface area contributed by atoms with Crippen LogP contribution in [0, 0.1) is 0 Å². The van der Waals surface area contributed by atoms with Gasteiger partial charge in [0.1, 0.15) is 5.60 Å². The first-order chi connectivity index (χ1) is 9.60. The van der Waals surface area contributed by atoms with E-state index in [2.05, 4.69) is 30.1 Å². The molecular formula is C16H20N2O2. The van der Waals surface area contributed by atoms with E-state index < -0.39 is 5.60 Å². The second-order valence-electron chi connectivity index (χ2n) is 5.85. The normalized spacial score (nSPS) is 22.6. The van der Waals surface area contributed by atoms with Gasteiger partial charge < -0.3 is 9.26 Å². The van der Waals surface area contributed by atoms with Crippen molar-refractivity contribution >= 4 is 0 Å². The third-order valence-electron chi connectivity index (χ3n) is 3.93. The van der Waals surface area contributed by atoms with E-state index in [-0.39, 0.29) is 0 Å². The molecule has 0 N–H and O–H groups in total. The highest BCUT2D eigenvalue weighted by Gasteiger charge is 2.36. The molecule has 3 rings (SSSR count). The fraction of sp³-hybridized carbons (Fsp3) is 0.500. The molecule has 0 aliphatic carbocycles. The lowest BCUT2D eigenvalue weighted by molar-refractivity contribution is 0.00768. The summed E-state index contributed by atoms with van der Waals surface area (Å²) in [5.41, 5.74) is 1.84. The minimum atomic E-state index is -0.394. The average Bonchev–Trinajstić information content (AvgIpc) is 3.08. The number of rotatable bonds is 3. The van der Waals surface area contributed by atoms with Gasteiger partial charge in [-0.25, -0.2) is 0 Å². The van der Waals surface area contributed by atoms with Crippen molar-refractivity contribution in [3.05, 3.63) is 35.7 Å². The van der Waals surface area contributed by atoms with Gasteiger partial charge in [-0.05, 0) is 37.3 Å². The van der Waals surface area contributed by atoms with Crippen molar-refractivity contribution in [2.45, 2.75) is 45.1 Å². The van der Waals surface area contributed by atoms with Crippen LogP contribution in [0.5, 0.6) is 0 Å². The van der Waals surface area contributed by atoms with Crippen molar-refractivity contribution < 1.29 is 9.26 Å². The molecule has 0 radical (unpaired) electrons. The first-order valence-electron chi connectivity index (χ1n) is 7.17. The molecule has 1 aromatic heterocycles. The van der Waals surface area contributed by atoms with Gasteiger partial charge in [0, 0.05) is 12.2 Å². The van der Waals surface area contributed by atoms with Gasteiger partial charge in [0.2, 0.25) is 5.82 Å². The maximum Gasteiger partial charge on any atom is 0.258 e. The van der Waals surface area contributed by atoms with Crippen LogP contribution in [-0.4, -0.2) is 16.7 Å². The predicted octanol–water partition coefficient (Wildman–Crippen LogP) is 3.89. The van der Waals surface area contributed by atoms with Gasteiger partial charge in [-0.2, -0.15) is 4.98 Å². The quantitative estimate of drug-likeness (QED) is 0.850. The minimum Gasteiger partial charge on any atom is -0.367 e. The molecule has 106 valence electrons. The molecule has 20 heavy (non-hydrogen) atoms. The number of hydrogen-bond acceptors (Lipinski definition) is 4. The first-order valence-corrected chi connectivity index (χ1v) is 7.17. The molecule has 1 atom stereocenters. The van der Waals surface area contributed by atoms with Crippen LogP contribution in [0.1, 0.15) is 50.9 Å². The molecule has 1 unspecified atom stereocenters. The van der Waals surface area contributed by atoms with Gasteiger partial charge in [-0.3, -0.25) is 0 Å². The molecule has 0 bridgehead atoms. The van der Waals surface area contributed by atoms with E-state index in [0.717, 1.165) is 25.0 Å². The Labute approximate surface area is 119 Å². The zero-order valence-electron chi connectivity index (χ0n) is 12.2. The summed E-state index contributed by atoms with van der Waals surface area (Å²) in [4.78, 5) is 4.57. The van der Waals surface area contributed by atoms with Crippen LogP contribution in [0.3, 0.4) is 0 Å². The molecule has 0 saturated carbocycles. The second-order valence-corrected chi connectivity index (χ2v) is 5.85. The summed E-state index contributed by atoms with van der Waals surface area (Å²) in [6, 6.07) is 8.18. The number of ether oxygens (including phenoxy) is 1. The number of hydrogen-bond donors (Lipinski definition) is 0. The van der Waals surface area contributed by atoms with E-state index >= 15 is 0 Å². The Morgan fingerprint density at radius 2 is 2.05 bits per heavy atom. The smallest absolute Gasteiger partial charge is 0.258 e. The van der Waals surface area contributed by atoms with E-state index in [1.165, 1.54) is 5.56 Å². The van der Waals surface area contributed by atoms with Crippen LogP contribution >= 0.6 is 0 Å². The fourth-order valence-corrected chi connectivity index (χ4v) is 2.70. The monoisotopic (exact) mass is 272 g/mol. The van der Waals surface area contributed by atoms with E-state index in [9.17, 15) is 0 Å². The van der Waals surface area contributed by atoms with Crippen LogP contribution in [0.15, 0.2) is 28.8 Å².